The molecule has 1 saturated heterocycles. The van der Waals surface area contributed by atoms with Crippen LogP contribution < -0.4 is 10.6 Å². The van der Waals surface area contributed by atoms with E-state index in [2.05, 4.69) is 10.6 Å². The molecule has 0 atom stereocenters. The van der Waals surface area contributed by atoms with Crippen molar-refractivity contribution < 1.29 is 14.3 Å². The van der Waals surface area contributed by atoms with E-state index in [4.69, 9.17) is 4.74 Å². The average molecular weight is 375 g/mol. The van der Waals surface area contributed by atoms with Gasteiger partial charge in [0.15, 0.2) is 0 Å². The number of anilines is 1. The number of halogens is 1. The molecule has 138 valence electrons. The van der Waals surface area contributed by atoms with Crippen molar-refractivity contribution >= 4 is 30.0 Å². The SMILES string of the molecule is COC(=O)c1ccc(NC(=O)C2(c3ccccc3)CCNCC2)cc1.Cl. The van der Waals surface area contributed by atoms with Crippen molar-refractivity contribution in [1.29, 1.82) is 0 Å². The number of amides is 1. The van der Waals surface area contributed by atoms with Gasteiger partial charge in [-0.25, -0.2) is 4.79 Å². The number of piperidine rings is 1. The number of methoxy groups -OCH3 is 1. The van der Waals surface area contributed by atoms with E-state index >= 15 is 0 Å². The van der Waals surface area contributed by atoms with E-state index in [0.29, 0.717) is 11.3 Å². The molecule has 26 heavy (non-hydrogen) atoms. The van der Waals surface area contributed by atoms with Gasteiger partial charge in [0, 0.05) is 5.69 Å². The van der Waals surface area contributed by atoms with Crippen molar-refractivity contribution in [1.82, 2.24) is 5.32 Å². The highest BCUT2D eigenvalue weighted by molar-refractivity contribution is 5.99. The van der Waals surface area contributed by atoms with Crippen molar-refractivity contribution in [3.8, 4) is 0 Å². The zero-order chi connectivity index (χ0) is 17.7. The summed E-state index contributed by atoms with van der Waals surface area (Å²) in [5.41, 5.74) is 1.64. The summed E-state index contributed by atoms with van der Waals surface area (Å²) in [6, 6.07) is 16.7. The van der Waals surface area contributed by atoms with Crippen molar-refractivity contribution in [2.75, 3.05) is 25.5 Å². The van der Waals surface area contributed by atoms with E-state index in [1.165, 1.54) is 7.11 Å². The summed E-state index contributed by atoms with van der Waals surface area (Å²) in [6.07, 6.45) is 1.51. The Morgan fingerprint density at radius 3 is 2.19 bits per heavy atom. The predicted octanol–water partition coefficient (Wildman–Crippen LogP) is 3.15. The quantitative estimate of drug-likeness (QED) is 0.807. The fourth-order valence-corrected chi connectivity index (χ4v) is 3.32. The van der Waals surface area contributed by atoms with Crippen LogP contribution in [0.25, 0.3) is 0 Å². The van der Waals surface area contributed by atoms with Crippen molar-refractivity contribution in [3.63, 3.8) is 0 Å². The van der Waals surface area contributed by atoms with Gasteiger partial charge in [-0.05, 0) is 55.8 Å². The van der Waals surface area contributed by atoms with Crippen LogP contribution in [0, 0.1) is 0 Å². The minimum atomic E-state index is -0.534. The summed E-state index contributed by atoms with van der Waals surface area (Å²) in [6.45, 7) is 1.62. The van der Waals surface area contributed by atoms with Gasteiger partial charge < -0.3 is 15.4 Å². The molecule has 0 aromatic heterocycles. The summed E-state index contributed by atoms with van der Waals surface area (Å²) >= 11 is 0. The van der Waals surface area contributed by atoms with Gasteiger partial charge in [-0.15, -0.1) is 12.4 Å². The summed E-state index contributed by atoms with van der Waals surface area (Å²) in [5, 5.41) is 6.34. The molecule has 3 rings (SSSR count). The third-order valence-corrected chi connectivity index (χ3v) is 4.78. The second kappa shape index (κ2) is 8.83. The smallest absolute Gasteiger partial charge is 0.337 e. The molecule has 1 amide bonds. The molecule has 0 spiro atoms. The maximum absolute atomic E-state index is 13.1. The zero-order valence-corrected chi connectivity index (χ0v) is 15.5. The number of nitrogens with one attached hydrogen (secondary N) is 2. The van der Waals surface area contributed by atoms with Crippen molar-refractivity contribution in [2.45, 2.75) is 18.3 Å². The fourth-order valence-electron chi connectivity index (χ4n) is 3.32. The monoisotopic (exact) mass is 374 g/mol. The molecule has 2 N–H and O–H groups in total. The molecule has 5 nitrogen and oxygen atoms in total. The predicted molar refractivity (Wildman–Crippen MR) is 104 cm³/mol. The molecule has 1 heterocycles. The van der Waals surface area contributed by atoms with Crippen LogP contribution >= 0.6 is 12.4 Å². The van der Waals surface area contributed by atoms with Crippen LogP contribution in [0.2, 0.25) is 0 Å². The van der Waals surface area contributed by atoms with Crippen molar-refractivity contribution in [3.05, 3.63) is 65.7 Å². The normalized spacial score (nSPS) is 15.4. The molecule has 6 heteroatoms. The van der Waals surface area contributed by atoms with E-state index in [9.17, 15) is 9.59 Å². The van der Waals surface area contributed by atoms with Gasteiger partial charge in [0.25, 0.3) is 0 Å². The maximum Gasteiger partial charge on any atom is 0.337 e. The van der Waals surface area contributed by atoms with E-state index in [1.807, 2.05) is 30.3 Å². The molecule has 2 aromatic rings. The van der Waals surface area contributed by atoms with Gasteiger partial charge in [0.1, 0.15) is 0 Å². The third-order valence-electron chi connectivity index (χ3n) is 4.78. The van der Waals surface area contributed by atoms with Gasteiger partial charge >= 0.3 is 5.97 Å². The van der Waals surface area contributed by atoms with Gasteiger partial charge in [-0.1, -0.05) is 30.3 Å². The molecular formula is C20H23ClN2O3. The van der Waals surface area contributed by atoms with Gasteiger partial charge in [0.05, 0.1) is 18.1 Å². The Bertz CT molecular complexity index is 741. The first-order valence-electron chi connectivity index (χ1n) is 8.42. The number of rotatable bonds is 4. The van der Waals surface area contributed by atoms with Crippen LogP contribution in [0.3, 0.4) is 0 Å². The summed E-state index contributed by atoms with van der Waals surface area (Å²) in [5.74, 6) is -0.400. The number of ether oxygens (including phenoxy) is 1. The molecule has 0 bridgehead atoms. The Balaban J connectivity index is 0.00000243. The Labute approximate surface area is 159 Å². The largest absolute Gasteiger partial charge is 0.465 e. The molecule has 2 aromatic carbocycles. The first-order valence-corrected chi connectivity index (χ1v) is 8.42. The molecule has 0 saturated carbocycles. The topological polar surface area (TPSA) is 67.4 Å². The van der Waals surface area contributed by atoms with Crippen molar-refractivity contribution in [2.24, 2.45) is 0 Å². The summed E-state index contributed by atoms with van der Waals surface area (Å²) in [4.78, 5) is 24.6. The lowest BCUT2D eigenvalue weighted by Crippen LogP contribution is -2.48. The molecule has 0 radical (unpaired) electrons. The maximum atomic E-state index is 13.1. The number of carbonyl (C=O) groups is 2. The number of hydrogen-bond acceptors (Lipinski definition) is 4. The van der Waals surface area contributed by atoms with E-state index in [0.717, 1.165) is 31.5 Å². The Morgan fingerprint density at radius 1 is 1.00 bits per heavy atom. The minimum absolute atomic E-state index is 0. The number of hydrogen-bond donors (Lipinski definition) is 2. The lowest BCUT2D eigenvalue weighted by molar-refractivity contribution is -0.122. The summed E-state index contributed by atoms with van der Waals surface area (Å²) in [7, 11) is 1.35. The Hall–Kier alpha value is -2.37. The van der Waals surface area contributed by atoms with Gasteiger partial charge in [0.2, 0.25) is 5.91 Å². The van der Waals surface area contributed by atoms with E-state index in [-0.39, 0.29) is 18.3 Å². The molecule has 1 aliphatic rings. The van der Waals surface area contributed by atoms with Gasteiger partial charge in [-0.3, -0.25) is 4.79 Å². The summed E-state index contributed by atoms with van der Waals surface area (Å²) < 4.78 is 4.69. The van der Waals surface area contributed by atoms with Crippen LogP contribution in [-0.2, 0) is 14.9 Å². The highest BCUT2D eigenvalue weighted by atomic mass is 35.5. The minimum Gasteiger partial charge on any atom is -0.465 e. The molecular weight excluding hydrogens is 352 g/mol. The van der Waals surface area contributed by atoms with Crippen LogP contribution in [0.1, 0.15) is 28.8 Å². The van der Waals surface area contributed by atoms with Crippen LogP contribution in [0.15, 0.2) is 54.6 Å². The Kier molecular flexibility index (Phi) is 6.77. The number of esters is 1. The van der Waals surface area contributed by atoms with E-state index in [1.54, 1.807) is 24.3 Å². The standard InChI is InChI=1S/C20H22N2O3.ClH/c1-25-18(23)15-7-9-17(10-8-15)22-19(24)20(11-13-21-14-12-20)16-5-3-2-4-6-16;/h2-10,21H,11-14H2,1H3,(H,22,24);1H. The van der Waals surface area contributed by atoms with Crippen LogP contribution in [0.5, 0.6) is 0 Å². The zero-order valence-electron chi connectivity index (χ0n) is 14.7. The second-order valence-corrected chi connectivity index (χ2v) is 6.22. The second-order valence-electron chi connectivity index (χ2n) is 6.22. The van der Waals surface area contributed by atoms with Crippen LogP contribution in [0.4, 0.5) is 5.69 Å². The molecule has 0 unspecified atom stereocenters. The molecule has 0 aliphatic carbocycles. The van der Waals surface area contributed by atoms with E-state index < -0.39 is 11.4 Å². The fraction of sp³-hybridized carbons (Fsp3) is 0.300. The van der Waals surface area contributed by atoms with Crippen LogP contribution in [-0.4, -0.2) is 32.1 Å². The third kappa shape index (κ3) is 4.06. The first kappa shape index (κ1) is 19.9. The highest BCUT2D eigenvalue weighted by Crippen LogP contribution is 2.34. The average Bonchev–Trinajstić information content (AvgIpc) is 2.69. The number of carbonyl (C=O) groups excluding carboxylic acids is 2. The van der Waals surface area contributed by atoms with Gasteiger partial charge in [-0.2, -0.15) is 0 Å². The molecule has 1 aliphatic heterocycles. The number of benzene rings is 2. The Morgan fingerprint density at radius 2 is 1.62 bits per heavy atom. The highest BCUT2D eigenvalue weighted by Gasteiger charge is 2.41. The first-order chi connectivity index (χ1) is 12.2. The lowest BCUT2D eigenvalue weighted by atomic mass is 9.72. The molecule has 1 fully saturated rings. The lowest BCUT2D eigenvalue weighted by Gasteiger charge is -2.36.